The van der Waals surface area contributed by atoms with E-state index in [1.165, 1.54) is 24.0 Å². The maximum absolute atomic E-state index is 12.2. The summed E-state index contributed by atoms with van der Waals surface area (Å²) < 4.78 is 0. The normalized spacial score (nSPS) is 25.7. The van der Waals surface area contributed by atoms with Crippen molar-refractivity contribution < 1.29 is 4.79 Å². The highest BCUT2D eigenvalue weighted by Crippen LogP contribution is 2.44. The maximum atomic E-state index is 12.2. The molecule has 2 atom stereocenters. The lowest BCUT2D eigenvalue weighted by molar-refractivity contribution is -0.117. The quantitative estimate of drug-likeness (QED) is 0.886. The third kappa shape index (κ3) is 2.85. The Kier molecular flexibility index (Phi) is 3.74. The number of carbonyl (C=O) groups excluding carboxylic acids is 1. The summed E-state index contributed by atoms with van der Waals surface area (Å²) in [6.45, 7) is 2.10. The third-order valence-electron chi connectivity index (χ3n) is 4.62. The molecule has 1 aromatic heterocycles. The summed E-state index contributed by atoms with van der Waals surface area (Å²) >= 11 is 0. The summed E-state index contributed by atoms with van der Waals surface area (Å²) in [5, 5.41) is 3.01. The van der Waals surface area contributed by atoms with Gasteiger partial charge in [0.05, 0.1) is 0 Å². The average molecular weight is 273 g/mol. The minimum absolute atomic E-state index is 0.0624. The van der Waals surface area contributed by atoms with E-state index in [-0.39, 0.29) is 11.9 Å². The molecule has 0 aliphatic heterocycles. The van der Waals surface area contributed by atoms with Crippen LogP contribution in [0.5, 0.6) is 0 Å². The number of nitrogens with two attached hydrogens (primary N) is 1. The predicted octanol–water partition coefficient (Wildman–Crippen LogP) is 2.72. The monoisotopic (exact) mass is 273 g/mol. The van der Waals surface area contributed by atoms with Gasteiger partial charge in [0.15, 0.2) is 0 Å². The number of hydrogen-bond acceptors (Lipinski definition) is 3. The van der Waals surface area contributed by atoms with Gasteiger partial charge in [-0.3, -0.25) is 4.79 Å². The Labute approximate surface area is 120 Å². The lowest BCUT2D eigenvalue weighted by Gasteiger charge is -2.16. The summed E-state index contributed by atoms with van der Waals surface area (Å²) in [6, 6.07) is 2.21. The van der Waals surface area contributed by atoms with Crippen LogP contribution in [0.4, 0.5) is 5.82 Å². The van der Waals surface area contributed by atoms with Gasteiger partial charge in [-0.15, -0.1) is 0 Å². The summed E-state index contributed by atoms with van der Waals surface area (Å²) in [5.41, 5.74) is 8.50. The van der Waals surface area contributed by atoms with Crippen molar-refractivity contribution in [1.29, 1.82) is 0 Å². The summed E-state index contributed by atoms with van der Waals surface area (Å²) in [7, 11) is 0. The first kappa shape index (κ1) is 13.6. The van der Waals surface area contributed by atoms with Crippen molar-refractivity contribution in [3.05, 3.63) is 23.4 Å². The molecule has 3 rings (SSSR count). The van der Waals surface area contributed by atoms with Crippen LogP contribution in [0.25, 0.3) is 0 Å². The van der Waals surface area contributed by atoms with E-state index in [4.69, 9.17) is 5.73 Å². The molecule has 4 heteroatoms. The van der Waals surface area contributed by atoms with E-state index < -0.39 is 0 Å². The molecule has 4 nitrogen and oxygen atoms in total. The highest BCUT2D eigenvalue weighted by atomic mass is 16.1. The van der Waals surface area contributed by atoms with Crippen molar-refractivity contribution in [3.8, 4) is 0 Å². The highest BCUT2D eigenvalue weighted by Gasteiger charge is 2.30. The molecule has 2 aliphatic rings. The second kappa shape index (κ2) is 5.52. The second-order valence-electron chi connectivity index (χ2n) is 6.27. The van der Waals surface area contributed by atoms with Gasteiger partial charge in [0.2, 0.25) is 5.91 Å². The molecule has 20 heavy (non-hydrogen) atoms. The molecule has 2 aliphatic carbocycles. The Hall–Kier alpha value is -1.42. The van der Waals surface area contributed by atoms with E-state index in [9.17, 15) is 4.79 Å². The minimum Gasteiger partial charge on any atom is -0.327 e. The fourth-order valence-electron chi connectivity index (χ4n) is 3.30. The maximum Gasteiger partial charge on any atom is 0.225 e. The average Bonchev–Trinajstić information content (AvgIpc) is 3.15. The Morgan fingerprint density at radius 2 is 2.20 bits per heavy atom. The summed E-state index contributed by atoms with van der Waals surface area (Å²) in [5.74, 6) is 1.76. The SMILES string of the molecule is Cc1ccnc(NC(=O)C[C@@H]2CCC[C@H]2N)c1C1CC1. The highest BCUT2D eigenvalue weighted by molar-refractivity contribution is 5.91. The molecule has 0 spiro atoms. The molecule has 3 N–H and O–H groups in total. The second-order valence-corrected chi connectivity index (χ2v) is 6.27. The molecule has 0 radical (unpaired) electrons. The van der Waals surface area contributed by atoms with Crippen LogP contribution < -0.4 is 11.1 Å². The molecule has 2 fully saturated rings. The number of carbonyl (C=O) groups is 1. The largest absolute Gasteiger partial charge is 0.327 e. The first-order chi connectivity index (χ1) is 9.65. The Balaban J connectivity index is 1.68. The molecule has 1 aromatic rings. The molecule has 108 valence electrons. The predicted molar refractivity (Wildman–Crippen MR) is 79.5 cm³/mol. The number of nitrogens with one attached hydrogen (secondary N) is 1. The van der Waals surface area contributed by atoms with E-state index in [2.05, 4.69) is 17.2 Å². The molecule has 0 unspecified atom stereocenters. The first-order valence-electron chi connectivity index (χ1n) is 7.66. The molecule has 0 aromatic carbocycles. The van der Waals surface area contributed by atoms with Crippen LogP contribution >= 0.6 is 0 Å². The number of nitrogens with zero attached hydrogens (tertiary/aromatic N) is 1. The molecular formula is C16H23N3O. The Bertz CT molecular complexity index is 510. The zero-order valence-corrected chi connectivity index (χ0v) is 12.1. The van der Waals surface area contributed by atoms with Gasteiger partial charge in [-0.25, -0.2) is 4.98 Å². The molecule has 1 heterocycles. The number of anilines is 1. The summed E-state index contributed by atoms with van der Waals surface area (Å²) in [4.78, 5) is 16.6. The molecule has 0 bridgehead atoms. The van der Waals surface area contributed by atoms with Gasteiger partial charge in [0.1, 0.15) is 5.82 Å². The Morgan fingerprint density at radius 3 is 2.85 bits per heavy atom. The lowest BCUT2D eigenvalue weighted by Crippen LogP contribution is -2.28. The number of aromatic nitrogens is 1. The van der Waals surface area contributed by atoms with Crippen molar-refractivity contribution in [2.24, 2.45) is 11.7 Å². The van der Waals surface area contributed by atoms with E-state index in [1.807, 2.05) is 6.07 Å². The Morgan fingerprint density at radius 1 is 1.40 bits per heavy atom. The van der Waals surface area contributed by atoms with Gasteiger partial charge < -0.3 is 11.1 Å². The number of hydrogen-bond donors (Lipinski definition) is 2. The fourth-order valence-corrected chi connectivity index (χ4v) is 3.30. The van der Waals surface area contributed by atoms with E-state index in [1.54, 1.807) is 6.20 Å². The van der Waals surface area contributed by atoms with Crippen molar-refractivity contribution in [2.75, 3.05) is 5.32 Å². The number of pyridine rings is 1. The van der Waals surface area contributed by atoms with Gasteiger partial charge in [-0.05, 0) is 56.1 Å². The van der Waals surface area contributed by atoms with Crippen molar-refractivity contribution in [1.82, 2.24) is 4.98 Å². The smallest absolute Gasteiger partial charge is 0.225 e. The summed E-state index contributed by atoms with van der Waals surface area (Å²) in [6.07, 6.45) is 8.00. The van der Waals surface area contributed by atoms with Gasteiger partial charge in [-0.2, -0.15) is 0 Å². The zero-order chi connectivity index (χ0) is 14.1. The number of aryl methyl sites for hydroxylation is 1. The first-order valence-corrected chi connectivity index (χ1v) is 7.66. The topological polar surface area (TPSA) is 68.0 Å². The van der Waals surface area contributed by atoms with E-state index in [0.717, 1.165) is 25.1 Å². The third-order valence-corrected chi connectivity index (χ3v) is 4.62. The van der Waals surface area contributed by atoms with Crippen LogP contribution in [0.1, 0.15) is 55.6 Å². The molecule has 0 saturated heterocycles. The number of rotatable bonds is 4. The van der Waals surface area contributed by atoms with Crippen molar-refractivity contribution in [2.45, 2.75) is 57.4 Å². The van der Waals surface area contributed by atoms with Crippen LogP contribution in [0.3, 0.4) is 0 Å². The molecular weight excluding hydrogens is 250 g/mol. The zero-order valence-electron chi connectivity index (χ0n) is 12.1. The lowest BCUT2D eigenvalue weighted by atomic mass is 9.99. The van der Waals surface area contributed by atoms with Crippen LogP contribution in [0.15, 0.2) is 12.3 Å². The fraction of sp³-hybridized carbons (Fsp3) is 0.625. The molecule has 1 amide bonds. The van der Waals surface area contributed by atoms with Crippen molar-refractivity contribution in [3.63, 3.8) is 0 Å². The van der Waals surface area contributed by atoms with Gasteiger partial charge in [0, 0.05) is 24.2 Å². The van der Waals surface area contributed by atoms with Gasteiger partial charge >= 0.3 is 0 Å². The van der Waals surface area contributed by atoms with Gasteiger partial charge in [0.25, 0.3) is 0 Å². The van der Waals surface area contributed by atoms with Gasteiger partial charge in [-0.1, -0.05) is 6.42 Å². The van der Waals surface area contributed by atoms with E-state index >= 15 is 0 Å². The number of amides is 1. The van der Waals surface area contributed by atoms with Crippen LogP contribution in [-0.4, -0.2) is 16.9 Å². The van der Waals surface area contributed by atoms with E-state index in [0.29, 0.717) is 18.3 Å². The molecule has 2 saturated carbocycles. The minimum atomic E-state index is 0.0624. The van der Waals surface area contributed by atoms with Crippen LogP contribution in [-0.2, 0) is 4.79 Å². The van der Waals surface area contributed by atoms with Crippen molar-refractivity contribution >= 4 is 11.7 Å². The van der Waals surface area contributed by atoms with Crippen LogP contribution in [0.2, 0.25) is 0 Å². The van der Waals surface area contributed by atoms with Crippen LogP contribution in [0, 0.1) is 12.8 Å². The standard InChI is InChI=1S/C16H23N3O/c1-10-7-8-18-16(15(10)11-5-6-11)19-14(20)9-12-3-2-4-13(12)17/h7-8,11-13H,2-6,9,17H2,1H3,(H,18,19,20)/t12-,13+/m0/s1.